The fourth-order valence-corrected chi connectivity index (χ4v) is 1.80. The minimum absolute atomic E-state index is 0.0625. The quantitative estimate of drug-likeness (QED) is 0.818. The highest BCUT2D eigenvalue weighted by atomic mass is 16.3. The van der Waals surface area contributed by atoms with E-state index in [-0.39, 0.29) is 19.1 Å². The predicted octanol–water partition coefficient (Wildman–Crippen LogP) is 1.66. The van der Waals surface area contributed by atoms with E-state index in [2.05, 4.69) is 10.3 Å². The van der Waals surface area contributed by atoms with Crippen molar-refractivity contribution in [1.29, 1.82) is 0 Å². The van der Waals surface area contributed by atoms with Crippen molar-refractivity contribution in [2.45, 2.75) is 6.92 Å². The molecule has 2 aromatic rings. The number of amides is 1. The Bertz CT molecular complexity index is 621. The fourth-order valence-electron chi connectivity index (χ4n) is 1.80. The molecule has 0 atom stereocenters. The normalized spacial score (nSPS) is 11.1. The molecule has 2 N–H and O–H groups in total. The van der Waals surface area contributed by atoms with Crippen LogP contribution in [0.1, 0.15) is 11.3 Å². The molecular formula is C15H16N2O2. The largest absolute Gasteiger partial charge is 0.395 e. The van der Waals surface area contributed by atoms with Crippen LogP contribution in [-0.4, -0.2) is 29.1 Å². The van der Waals surface area contributed by atoms with Crippen molar-refractivity contribution in [1.82, 2.24) is 10.3 Å². The molecule has 0 aliphatic heterocycles. The number of hydrogen-bond acceptors (Lipinski definition) is 3. The molecule has 4 nitrogen and oxygen atoms in total. The maximum atomic E-state index is 11.4. The molecule has 0 radical (unpaired) electrons. The van der Waals surface area contributed by atoms with Gasteiger partial charge in [0, 0.05) is 18.0 Å². The van der Waals surface area contributed by atoms with Crippen LogP contribution in [0.25, 0.3) is 17.0 Å². The van der Waals surface area contributed by atoms with Gasteiger partial charge in [-0.2, -0.15) is 0 Å². The van der Waals surface area contributed by atoms with Gasteiger partial charge in [0.1, 0.15) is 0 Å². The first-order chi connectivity index (χ1) is 9.20. The second-order valence-corrected chi connectivity index (χ2v) is 4.23. The van der Waals surface area contributed by atoms with E-state index in [1.54, 1.807) is 6.08 Å². The van der Waals surface area contributed by atoms with E-state index in [1.165, 1.54) is 6.08 Å². The van der Waals surface area contributed by atoms with Gasteiger partial charge in [-0.15, -0.1) is 0 Å². The number of pyridine rings is 1. The Morgan fingerprint density at radius 1 is 1.37 bits per heavy atom. The Labute approximate surface area is 111 Å². The lowest BCUT2D eigenvalue weighted by Gasteiger charge is -2.02. The minimum atomic E-state index is -0.235. The SMILES string of the molecule is Cc1cccc2ccc(/C=C/C(=O)NCCO)nc12. The number of benzene rings is 1. The number of aliphatic hydroxyl groups is 1. The summed E-state index contributed by atoms with van der Waals surface area (Å²) in [4.78, 5) is 15.9. The molecule has 2 rings (SSSR count). The summed E-state index contributed by atoms with van der Waals surface area (Å²) < 4.78 is 0. The lowest BCUT2D eigenvalue weighted by Crippen LogP contribution is -2.24. The highest BCUT2D eigenvalue weighted by Crippen LogP contribution is 2.16. The average Bonchev–Trinajstić information content (AvgIpc) is 2.43. The molecule has 0 saturated heterocycles. The fraction of sp³-hybridized carbons (Fsp3) is 0.200. The summed E-state index contributed by atoms with van der Waals surface area (Å²) in [5, 5.41) is 12.2. The van der Waals surface area contributed by atoms with Gasteiger partial charge in [-0.3, -0.25) is 4.79 Å². The zero-order chi connectivity index (χ0) is 13.7. The molecule has 0 bridgehead atoms. The number of rotatable bonds is 4. The van der Waals surface area contributed by atoms with E-state index in [4.69, 9.17) is 5.11 Å². The van der Waals surface area contributed by atoms with Crippen LogP contribution in [-0.2, 0) is 4.79 Å². The molecule has 0 aliphatic carbocycles. The Kier molecular flexibility index (Phi) is 4.26. The van der Waals surface area contributed by atoms with Crippen molar-refractivity contribution in [3.8, 4) is 0 Å². The second kappa shape index (κ2) is 6.11. The van der Waals surface area contributed by atoms with Crippen molar-refractivity contribution >= 4 is 22.9 Å². The van der Waals surface area contributed by atoms with E-state index in [1.807, 2.05) is 37.3 Å². The third-order valence-corrected chi connectivity index (χ3v) is 2.76. The highest BCUT2D eigenvalue weighted by molar-refractivity contribution is 5.92. The van der Waals surface area contributed by atoms with Gasteiger partial charge in [-0.05, 0) is 24.6 Å². The van der Waals surface area contributed by atoms with E-state index < -0.39 is 0 Å². The van der Waals surface area contributed by atoms with Crippen LogP contribution < -0.4 is 5.32 Å². The van der Waals surface area contributed by atoms with Crippen molar-refractivity contribution < 1.29 is 9.90 Å². The monoisotopic (exact) mass is 256 g/mol. The molecule has 0 aliphatic rings. The molecule has 1 heterocycles. The standard InChI is InChI=1S/C15H16N2O2/c1-11-3-2-4-12-5-6-13(17-15(11)12)7-8-14(19)16-9-10-18/h2-8,18H,9-10H2,1H3,(H,16,19)/b8-7+. The molecule has 19 heavy (non-hydrogen) atoms. The lowest BCUT2D eigenvalue weighted by molar-refractivity contribution is -0.116. The van der Waals surface area contributed by atoms with Crippen molar-refractivity contribution in [3.63, 3.8) is 0 Å². The summed E-state index contributed by atoms with van der Waals surface area (Å²) in [6, 6.07) is 9.88. The molecule has 1 amide bonds. The van der Waals surface area contributed by atoms with Gasteiger partial charge in [0.2, 0.25) is 5.91 Å². The third kappa shape index (κ3) is 3.39. The molecule has 0 spiro atoms. The summed E-state index contributed by atoms with van der Waals surface area (Å²) in [5.41, 5.74) is 2.79. The van der Waals surface area contributed by atoms with E-state index >= 15 is 0 Å². The first kappa shape index (κ1) is 13.2. The summed E-state index contributed by atoms with van der Waals surface area (Å²) >= 11 is 0. The van der Waals surface area contributed by atoms with Gasteiger partial charge in [0.25, 0.3) is 0 Å². The number of hydrogen-bond donors (Lipinski definition) is 2. The number of carbonyl (C=O) groups excluding carboxylic acids is 1. The molecule has 1 aromatic carbocycles. The second-order valence-electron chi connectivity index (χ2n) is 4.23. The molecule has 0 unspecified atom stereocenters. The first-order valence-electron chi connectivity index (χ1n) is 6.14. The first-order valence-corrected chi connectivity index (χ1v) is 6.14. The Morgan fingerprint density at radius 3 is 3.00 bits per heavy atom. The molecule has 0 saturated carbocycles. The van der Waals surface area contributed by atoms with Crippen LogP contribution >= 0.6 is 0 Å². The van der Waals surface area contributed by atoms with Crippen LogP contribution in [0.3, 0.4) is 0 Å². The van der Waals surface area contributed by atoms with Gasteiger partial charge in [-0.25, -0.2) is 4.98 Å². The highest BCUT2D eigenvalue weighted by Gasteiger charge is 1.99. The zero-order valence-electron chi connectivity index (χ0n) is 10.8. The number of nitrogens with zero attached hydrogens (tertiary/aromatic N) is 1. The van der Waals surface area contributed by atoms with Crippen molar-refractivity contribution in [2.24, 2.45) is 0 Å². The van der Waals surface area contributed by atoms with Crippen LogP contribution in [0.15, 0.2) is 36.4 Å². The number of aromatic nitrogens is 1. The topological polar surface area (TPSA) is 62.2 Å². The van der Waals surface area contributed by atoms with E-state index in [9.17, 15) is 4.79 Å². The lowest BCUT2D eigenvalue weighted by atomic mass is 10.1. The van der Waals surface area contributed by atoms with Crippen LogP contribution in [0.4, 0.5) is 0 Å². The molecule has 4 heteroatoms. The number of carbonyl (C=O) groups is 1. The maximum absolute atomic E-state index is 11.4. The molecule has 0 fully saturated rings. The molecular weight excluding hydrogens is 240 g/mol. The van der Waals surface area contributed by atoms with E-state index in [0.29, 0.717) is 0 Å². The van der Waals surface area contributed by atoms with Gasteiger partial charge >= 0.3 is 0 Å². The molecule has 1 aromatic heterocycles. The number of nitrogens with one attached hydrogen (secondary N) is 1. The smallest absolute Gasteiger partial charge is 0.244 e. The van der Waals surface area contributed by atoms with Gasteiger partial charge in [0.05, 0.1) is 17.8 Å². The van der Waals surface area contributed by atoms with Crippen LogP contribution in [0.2, 0.25) is 0 Å². The van der Waals surface area contributed by atoms with Gasteiger partial charge < -0.3 is 10.4 Å². The van der Waals surface area contributed by atoms with Crippen molar-refractivity contribution in [2.75, 3.05) is 13.2 Å². The van der Waals surface area contributed by atoms with Crippen LogP contribution in [0, 0.1) is 6.92 Å². The summed E-state index contributed by atoms with van der Waals surface area (Å²) in [5.74, 6) is -0.235. The zero-order valence-corrected chi connectivity index (χ0v) is 10.8. The third-order valence-electron chi connectivity index (χ3n) is 2.76. The number of aliphatic hydroxyl groups excluding tert-OH is 1. The van der Waals surface area contributed by atoms with Gasteiger partial charge in [-0.1, -0.05) is 24.3 Å². The number of fused-ring (bicyclic) bond motifs is 1. The van der Waals surface area contributed by atoms with Crippen LogP contribution in [0.5, 0.6) is 0 Å². The minimum Gasteiger partial charge on any atom is -0.395 e. The Hall–Kier alpha value is -2.20. The predicted molar refractivity (Wildman–Crippen MR) is 75.6 cm³/mol. The average molecular weight is 256 g/mol. The summed E-state index contributed by atoms with van der Waals surface area (Å²) in [6.45, 7) is 2.21. The Morgan fingerprint density at radius 2 is 2.21 bits per heavy atom. The van der Waals surface area contributed by atoms with Gasteiger partial charge in [0.15, 0.2) is 0 Å². The summed E-state index contributed by atoms with van der Waals surface area (Å²) in [6.07, 6.45) is 3.08. The van der Waals surface area contributed by atoms with Crippen molar-refractivity contribution in [3.05, 3.63) is 47.7 Å². The summed E-state index contributed by atoms with van der Waals surface area (Å²) in [7, 11) is 0. The van der Waals surface area contributed by atoms with E-state index in [0.717, 1.165) is 22.2 Å². The number of para-hydroxylation sites is 1. The molecule has 98 valence electrons. The number of aryl methyl sites for hydroxylation is 1. The Balaban J connectivity index is 2.19. The maximum Gasteiger partial charge on any atom is 0.244 e.